The van der Waals surface area contributed by atoms with E-state index in [0.717, 1.165) is 13.0 Å². The van der Waals surface area contributed by atoms with Crippen LogP contribution in [0.5, 0.6) is 0 Å². The molecule has 1 aliphatic carbocycles. The molecule has 2 aromatic carbocycles. The van der Waals surface area contributed by atoms with Gasteiger partial charge in [-0.3, -0.25) is 0 Å². The van der Waals surface area contributed by atoms with Gasteiger partial charge in [0, 0.05) is 6.04 Å². The third kappa shape index (κ3) is 3.29. The Morgan fingerprint density at radius 2 is 1.90 bits per heavy atom. The number of benzene rings is 2. The smallest absolute Gasteiger partial charge is 0.0111 e. The Bertz CT molecular complexity index is 573. The lowest BCUT2D eigenvalue weighted by Crippen LogP contribution is -2.35. The molecule has 0 radical (unpaired) electrons. The lowest BCUT2D eigenvalue weighted by molar-refractivity contribution is 0.461. The Hall–Kier alpha value is -1.60. The van der Waals surface area contributed by atoms with Crippen LogP contribution in [0.4, 0.5) is 0 Å². The van der Waals surface area contributed by atoms with Crippen molar-refractivity contribution in [3.05, 3.63) is 70.8 Å². The second-order valence-electron chi connectivity index (χ2n) is 5.90. The van der Waals surface area contributed by atoms with Crippen molar-refractivity contribution in [2.24, 2.45) is 0 Å². The molecule has 1 nitrogen and oxygen atoms in total. The molecular formula is C19H23N. The zero-order valence-electron chi connectivity index (χ0n) is 12.2. The minimum absolute atomic E-state index is 0.648. The van der Waals surface area contributed by atoms with Crippen LogP contribution in [0.15, 0.2) is 48.5 Å². The molecule has 0 fully saturated rings. The molecule has 1 heteroatoms. The monoisotopic (exact) mass is 265 g/mol. The maximum Gasteiger partial charge on any atom is 0.0111 e. The Balaban J connectivity index is 1.51. The zero-order valence-corrected chi connectivity index (χ0v) is 12.2. The van der Waals surface area contributed by atoms with Crippen molar-refractivity contribution in [1.82, 2.24) is 5.32 Å². The fraction of sp³-hybridized carbons (Fsp3) is 0.368. The molecule has 0 saturated heterocycles. The highest BCUT2D eigenvalue weighted by atomic mass is 14.9. The van der Waals surface area contributed by atoms with Gasteiger partial charge in [0.25, 0.3) is 0 Å². The van der Waals surface area contributed by atoms with Gasteiger partial charge in [0.2, 0.25) is 0 Å². The first-order valence-electron chi connectivity index (χ1n) is 7.67. The molecule has 0 bridgehead atoms. The van der Waals surface area contributed by atoms with E-state index in [2.05, 4.69) is 60.8 Å². The van der Waals surface area contributed by atoms with Crippen LogP contribution in [-0.4, -0.2) is 12.6 Å². The van der Waals surface area contributed by atoms with E-state index in [1.807, 2.05) is 0 Å². The minimum Gasteiger partial charge on any atom is -0.313 e. The first-order valence-corrected chi connectivity index (χ1v) is 7.67. The number of fused-ring (bicyclic) bond motifs is 1. The van der Waals surface area contributed by atoms with Crippen molar-refractivity contribution in [3.63, 3.8) is 0 Å². The molecule has 1 N–H and O–H groups in total. The van der Waals surface area contributed by atoms with Gasteiger partial charge in [-0.15, -0.1) is 0 Å². The second-order valence-corrected chi connectivity index (χ2v) is 5.90. The molecule has 0 heterocycles. The van der Waals surface area contributed by atoms with Crippen LogP contribution in [0.25, 0.3) is 0 Å². The normalized spacial score (nSPS) is 17.8. The largest absolute Gasteiger partial charge is 0.313 e. The van der Waals surface area contributed by atoms with E-state index >= 15 is 0 Å². The Kier molecular flexibility index (Phi) is 4.17. The molecule has 0 aliphatic heterocycles. The van der Waals surface area contributed by atoms with E-state index in [1.165, 1.54) is 36.0 Å². The predicted molar refractivity (Wildman–Crippen MR) is 85.1 cm³/mol. The summed E-state index contributed by atoms with van der Waals surface area (Å²) in [7, 11) is 0. The molecule has 0 amide bonds. The van der Waals surface area contributed by atoms with Crippen LogP contribution in [-0.2, 0) is 19.3 Å². The molecule has 0 saturated carbocycles. The fourth-order valence-corrected chi connectivity index (χ4v) is 3.16. The van der Waals surface area contributed by atoms with E-state index in [-0.39, 0.29) is 0 Å². The van der Waals surface area contributed by atoms with E-state index in [4.69, 9.17) is 0 Å². The lowest BCUT2D eigenvalue weighted by atomic mass is 9.88. The number of hydrogen-bond acceptors (Lipinski definition) is 1. The molecule has 1 unspecified atom stereocenters. The summed E-state index contributed by atoms with van der Waals surface area (Å²) in [5.41, 5.74) is 5.87. The van der Waals surface area contributed by atoms with Gasteiger partial charge in [-0.2, -0.15) is 0 Å². The van der Waals surface area contributed by atoms with Crippen molar-refractivity contribution in [2.45, 2.75) is 38.6 Å². The maximum atomic E-state index is 3.73. The fourth-order valence-electron chi connectivity index (χ4n) is 3.16. The van der Waals surface area contributed by atoms with Gasteiger partial charge in [-0.1, -0.05) is 54.1 Å². The first-order chi connectivity index (χ1) is 9.81. The summed E-state index contributed by atoms with van der Waals surface area (Å²) in [5, 5.41) is 3.73. The van der Waals surface area contributed by atoms with E-state index in [9.17, 15) is 0 Å². The molecule has 2 aromatic rings. The Morgan fingerprint density at radius 3 is 2.75 bits per heavy atom. The van der Waals surface area contributed by atoms with Crippen molar-refractivity contribution in [2.75, 3.05) is 6.54 Å². The van der Waals surface area contributed by atoms with E-state index in [1.54, 1.807) is 5.56 Å². The Labute approximate surface area is 122 Å². The highest BCUT2D eigenvalue weighted by Gasteiger charge is 2.17. The lowest BCUT2D eigenvalue weighted by Gasteiger charge is -2.25. The molecule has 0 spiro atoms. The van der Waals surface area contributed by atoms with Crippen LogP contribution >= 0.6 is 0 Å². The SMILES string of the molecule is Cc1cccc(CCNC2CCc3ccccc3C2)c1. The molecule has 20 heavy (non-hydrogen) atoms. The topological polar surface area (TPSA) is 12.0 Å². The molecule has 104 valence electrons. The summed E-state index contributed by atoms with van der Waals surface area (Å²) in [5.74, 6) is 0. The highest BCUT2D eigenvalue weighted by molar-refractivity contribution is 5.30. The van der Waals surface area contributed by atoms with Crippen molar-refractivity contribution < 1.29 is 0 Å². The summed E-state index contributed by atoms with van der Waals surface area (Å²) in [6, 6.07) is 18.4. The average molecular weight is 265 g/mol. The third-order valence-corrected chi connectivity index (χ3v) is 4.28. The average Bonchev–Trinajstić information content (AvgIpc) is 2.47. The van der Waals surface area contributed by atoms with Gasteiger partial charge >= 0.3 is 0 Å². The zero-order chi connectivity index (χ0) is 13.8. The van der Waals surface area contributed by atoms with Gasteiger partial charge in [-0.25, -0.2) is 0 Å². The van der Waals surface area contributed by atoms with Gasteiger partial charge in [-0.05, 0) is 55.8 Å². The number of rotatable bonds is 4. The van der Waals surface area contributed by atoms with Crippen LogP contribution in [0.1, 0.15) is 28.7 Å². The van der Waals surface area contributed by atoms with Crippen LogP contribution < -0.4 is 5.32 Å². The number of aryl methyl sites for hydroxylation is 2. The Morgan fingerprint density at radius 1 is 1.05 bits per heavy atom. The molecule has 0 aromatic heterocycles. The van der Waals surface area contributed by atoms with E-state index in [0.29, 0.717) is 6.04 Å². The quantitative estimate of drug-likeness (QED) is 0.889. The summed E-state index contributed by atoms with van der Waals surface area (Å²) in [6.45, 7) is 3.24. The standard InChI is InChI=1S/C19H23N/c1-15-5-4-6-16(13-15)11-12-20-19-10-9-17-7-2-3-8-18(17)14-19/h2-8,13,19-20H,9-12,14H2,1H3. The van der Waals surface area contributed by atoms with Gasteiger partial charge in [0.1, 0.15) is 0 Å². The van der Waals surface area contributed by atoms with Crippen LogP contribution in [0.3, 0.4) is 0 Å². The molecular weight excluding hydrogens is 242 g/mol. The third-order valence-electron chi connectivity index (χ3n) is 4.28. The summed E-state index contributed by atoms with van der Waals surface area (Å²) in [4.78, 5) is 0. The molecule has 1 atom stereocenters. The molecule has 3 rings (SSSR count). The van der Waals surface area contributed by atoms with Crippen LogP contribution in [0.2, 0.25) is 0 Å². The van der Waals surface area contributed by atoms with Gasteiger partial charge in [0.15, 0.2) is 0 Å². The van der Waals surface area contributed by atoms with Crippen molar-refractivity contribution >= 4 is 0 Å². The van der Waals surface area contributed by atoms with Crippen LogP contribution in [0, 0.1) is 6.92 Å². The second kappa shape index (κ2) is 6.23. The highest BCUT2D eigenvalue weighted by Crippen LogP contribution is 2.20. The summed E-state index contributed by atoms with van der Waals surface area (Å²) in [6.07, 6.45) is 4.80. The summed E-state index contributed by atoms with van der Waals surface area (Å²) >= 11 is 0. The first kappa shape index (κ1) is 13.4. The van der Waals surface area contributed by atoms with Gasteiger partial charge in [0.05, 0.1) is 0 Å². The van der Waals surface area contributed by atoms with E-state index < -0.39 is 0 Å². The predicted octanol–water partition coefficient (Wildman–Crippen LogP) is 3.68. The van der Waals surface area contributed by atoms with Gasteiger partial charge < -0.3 is 5.32 Å². The molecule has 1 aliphatic rings. The number of hydrogen-bond donors (Lipinski definition) is 1. The maximum absolute atomic E-state index is 3.73. The van der Waals surface area contributed by atoms with Crippen molar-refractivity contribution in [1.29, 1.82) is 0 Å². The minimum atomic E-state index is 0.648. The number of nitrogens with one attached hydrogen (secondary N) is 1. The summed E-state index contributed by atoms with van der Waals surface area (Å²) < 4.78 is 0. The van der Waals surface area contributed by atoms with Crippen molar-refractivity contribution in [3.8, 4) is 0 Å².